The summed E-state index contributed by atoms with van der Waals surface area (Å²) < 4.78 is 15.6. The van der Waals surface area contributed by atoms with Crippen molar-refractivity contribution in [3.05, 3.63) is 52.8 Å². The number of benzene rings is 1. The molecule has 2 heterocycles. The van der Waals surface area contributed by atoms with Crippen molar-refractivity contribution in [3.8, 4) is 0 Å². The number of fused-ring (bicyclic) bond motifs is 1. The molecule has 3 rings (SSSR count). The van der Waals surface area contributed by atoms with Crippen molar-refractivity contribution in [1.82, 2.24) is 14.9 Å². The highest BCUT2D eigenvalue weighted by molar-refractivity contribution is 6.31. The minimum absolute atomic E-state index is 0.0195. The molecule has 0 saturated heterocycles. The van der Waals surface area contributed by atoms with Gasteiger partial charge in [-0.05, 0) is 24.6 Å². The molecule has 1 atom stereocenters. The van der Waals surface area contributed by atoms with Crippen LogP contribution in [0.1, 0.15) is 22.6 Å². The smallest absolute Gasteiger partial charge is 0.254 e. The zero-order chi connectivity index (χ0) is 14.1. The SMILES string of the molecule is O=C(NC1CCc2nccn2C1)c1cc(Cl)ccc1F. The van der Waals surface area contributed by atoms with Crippen LogP contribution in [0.4, 0.5) is 4.39 Å². The minimum Gasteiger partial charge on any atom is -0.347 e. The van der Waals surface area contributed by atoms with Crippen LogP contribution in [0.25, 0.3) is 0 Å². The molecule has 0 fully saturated rings. The molecule has 2 aromatic rings. The van der Waals surface area contributed by atoms with Crippen LogP contribution in [-0.2, 0) is 13.0 Å². The number of nitrogens with one attached hydrogen (secondary N) is 1. The van der Waals surface area contributed by atoms with E-state index in [2.05, 4.69) is 10.3 Å². The fourth-order valence-electron chi connectivity index (χ4n) is 2.42. The van der Waals surface area contributed by atoms with Gasteiger partial charge in [-0.2, -0.15) is 0 Å². The second-order valence-electron chi connectivity index (χ2n) is 4.83. The third kappa shape index (κ3) is 2.54. The van der Waals surface area contributed by atoms with E-state index >= 15 is 0 Å². The summed E-state index contributed by atoms with van der Waals surface area (Å²) in [7, 11) is 0. The van der Waals surface area contributed by atoms with E-state index in [1.807, 2.05) is 10.8 Å². The molecular weight excluding hydrogens is 281 g/mol. The molecule has 1 amide bonds. The van der Waals surface area contributed by atoms with E-state index in [0.717, 1.165) is 18.7 Å². The predicted molar refractivity (Wildman–Crippen MR) is 73.2 cm³/mol. The molecule has 0 bridgehead atoms. The number of imidazole rings is 1. The molecule has 0 saturated carbocycles. The highest BCUT2D eigenvalue weighted by Crippen LogP contribution is 2.17. The number of nitrogens with zero attached hydrogens (tertiary/aromatic N) is 2. The number of amides is 1. The molecule has 1 aromatic heterocycles. The van der Waals surface area contributed by atoms with Crippen molar-refractivity contribution in [1.29, 1.82) is 0 Å². The zero-order valence-corrected chi connectivity index (χ0v) is 11.4. The van der Waals surface area contributed by atoms with E-state index in [4.69, 9.17) is 11.6 Å². The Labute approximate surface area is 120 Å². The van der Waals surface area contributed by atoms with Crippen molar-refractivity contribution in [2.75, 3.05) is 0 Å². The first-order valence-corrected chi connectivity index (χ1v) is 6.77. The lowest BCUT2D eigenvalue weighted by Crippen LogP contribution is -2.41. The van der Waals surface area contributed by atoms with Crippen molar-refractivity contribution >= 4 is 17.5 Å². The Morgan fingerprint density at radius 3 is 3.20 bits per heavy atom. The summed E-state index contributed by atoms with van der Waals surface area (Å²) in [6.45, 7) is 0.656. The normalized spacial score (nSPS) is 17.6. The number of aromatic nitrogens is 2. The van der Waals surface area contributed by atoms with Gasteiger partial charge in [-0.1, -0.05) is 11.6 Å². The molecule has 1 unspecified atom stereocenters. The Bertz CT molecular complexity index is 656. The van der Waals surface area contributed by atoms with E-state index in [-0.39, 0.29) is 11.6 Å². The number of carbonyl (C=O) groups excluding carboxylic acids is 1. The summed E-state index contributed by atoms with van der Waals surface area (Å²) in [5, 5.41) is 3.19. The largest absolute Gasteiger partial charge is 0.347 e. The molecule has 104 valence electrons. The molecule has 1 aromatic carbocycles. The predicted octanol–water partition coefficient (Wildman–Crippen LogP) is 2.42. The van der Waals surface area contributed by atoms with Crippen LogP contribution in [0.5, 0.6) is 0 Å². The lowest BCUT2D eigenvalue weighted by atomic mass is 10.1. The average Bonchev–Trinajstić information content (AvgIpc) is 2.89. The first kappa shape index (κ1) is 13.1. The van der Waals surface area contributed by atoms with Gasteiger partial charge in [0, 0.05) is 36.4 Å². The second kappa shape index (κ2) is 5.25. The van der Waals surface area contributed by atoms with Crippen molar-refractivity contribution < 1.29 is 9.18 Å². The molecule has 4 nitrogen and oxygen atoms in total. The first-order valence-electron chi connectivity index (χ1n) is 6.39. The molecule has 0 spiro atoms. The Kier molecular flexibility index (Phi) is 3.44. The summed E-state index contributed by atoms with van der Waals surface area (Å²) in [5.41, 5.74) is -0.0195. The van der Waals surface area contributed by atoms with Crippen LogP contribution in [0.2, 0.25) is 5.02 Å². The Balaban J connectivity index is 1.72. The van der Waals surface area contributed by atoms with Crippen molar-refractivity contribution in [2.45, 2.75) is 25.4 Å². The van der Waals surface area contributed by atoms with Crippen LogP contribution >= 0.6 is 11.6 Å². The van der Waals surface area contributed by atoms with Crippen LogP contribution in [0.3, 0.4) is 0 Å². The Morgan fingerprint density at radius 1 is 1.50 bits per heavy atom. The monoisotopic (exact) mass is 293 g/mol. The first-order chi connectivity index (χ1) is 9.63. The maximum Gasteiger partial charge on any atom is 0.254 e. The lowest BCUT2D eigenvalue weighted by Gasteiger charge is -2.24. The molecule has 1 N–H and O–H groups in total. The highest BCUT2D eigenvalue weighted by Gasteiger charge is 2.22. The van der Waals surface area contributed by atoms with Crippen LogP contribution in [-0.4, -0.2) is 21.5 Å². The quantitative estimate of drug-likeness (QED) is 0.924. The number of hydrogen-bond donors (Lipinski definition) is 1. The van der Waals surface area contributed by atoms with Gasteiger partial charge in [0.2, 0.25) is 0 Å². The Morgan fingerprint density at radius 2 is 2.35 bits per heavy atom. The second-order valence-corrected chi connectivity index (χ2v) is 5.27. The van der Waals surface area contributed by atoms with Gasteiger partial charge < -0.3 is 9.88 Å². The van der Waals surface area contributed by atoms with Gasteiger partial charge in [-0.25, -0.2) is 9.37 Å². The molecule has 1 aliphatic rings. The highest BCUT2D eigenvalue weighted by atomic mass is 35.5. The van der Waals surface area contributed by atoms with Crippen LogP contribution < -0.4 is 5.32 Å². The number of halogens is 2. The summed E-state index contributed by atoms with van der Waals surface area (Å²) in [6.07, 6.45) is 5.23. The standard InChI is InChI=1S/C14H13ClFN3O/c15-9-1-3-12(16)11(7-9)14(20)18-10-2-4-13-17-5-6-19(13)8-10/h1,3,5-7,10H,2,4,8H2,(H,18,20). The van der Waals surface area contributed by atoms with E-state index in [9.17, 15) is 9.18 Å². The average molecular weight is 294 g/mol. The number of aryl methyl sites for hydroxylation is 1. The van der Waals surface area contributed by atoms with Gasteiger partial charge in [-0.3, -0.25) is 4.79 Å². The molecular formula is C14H13ClFN3O. The maximum atomic E-state index is 13.6. The molecule has 0 radical (unpaired) electrons. The van der Waals surface area contributed by atoms with Crippen LogP contribution in [0, 0.1) is 5.82 Å². The molecule has 6 heteroatoms. The van der Waals surface area contributed by atoms with Crippen molar-refractivity contribution in [2.24, 2.45) is 0 Å². The van der Waals surface area contributed by atoms with Crippen LogP contribution in [0.15, 0.2) is 30.6 Å². The number of hydrogen-bond acceptors (Lipinski definition) is 2. The van der Waals surface area contributed by atoms with Gasteiger partial charge in [0.1, 0.15) is 11.6 Å². The minimum atomic E-state index is -0.564. The van der Waals surface area contributed by atoms with Gasteiger partial charge in [0.05, 0.1) is 5.56 Å². The fourth-order valence-corrected chi connectivity index (χ4v) is 2.59. The molecule has 1 aliphatic heterocycles. The Hall–Kier alpha value is -1.88. The van der Waals surface area contributed by atoms with Gasteiger partial charge in [0.15, 0.2) is 0 Å². The molecule has 20 heavy (non-hydrogen) atoms. The van der Waals surface area contributed by atoms with E-state index < -0.39 is 11.7 Å². The topological polar surface area (TPSA) is 46.9 Å². The van der Waals surface area contributed by atoms with Gasteiger partial charge in [-0.15, -0.1) is 0 Å². The summed E-state index contributed by atoms with van der Waals surface area (Å²) in [5.74, 6) is 0.0222. The zero-order valence-electron chi connectivity index (χ0n) is 10.6. The fraction of sp³-hybridized carbons (Fsp3) is 0.286. The van der Waals surface area contributed by atoms with Gasteiger partial charge >= 0.3 is 0 Å². The molecule has 0 aliphatic carbocycles. The third-order valence-electron chi connectivity index (χ3n) is 3.44. The summed E-state index contributed by atoms with van der Waals surface area (Å²) >= 11 is 5.80. The number of rotatable bonds is 2. The third-order valence-corrected chi connectivity index (χ3v) is 3.68. The van der Waals surface area contributed by atoms with Gasteiger partial charge in [0.25, 0.3) is 5.91 Å². The van der Waals surface area contributed by atoms with E-state index in [0.29, 0.717) is 11.6 Å². The van der Waals surface area contributed by atoms with Crippen molar-refractivity contribution in [3.63, 3.8) is 0 Å². The van der Waals surface area contributed by atoms with E-state index in [1.165, 1.54) is 18.2 Å². The van der Waals surface area contributed by atoms with E-state index in [1.54, 1.807) is 6.20 Å². The number of carbonyl (C=O) groups is 1. The maximum absolute atomic E-state index is 13.6. The summed E-state index contributed by atoms with van der Waals surface area (Å²) in [4.78, 5) is 16.3. The lowest BCUT2D eigenvalue weighted by molar-refractivity contribution is 0.0923. The summed E-state index contributed by atoms with van der Waals surface area (Å²) in [6, 6.07) is 3.94.